The first-order valence-corrected chi connectivity index (χ1v) is 6.14. The van der Waals surface area contributed by atoms with Crippen molar-refractivity contribution in [2.24, 2.45) is 0 Å². The molecule has 0 amide bonds. The molecule has 0 aliphatic heterocycles. The molecule has 0 saturated heterocycles. The van der Waals surface area contributed by atoms with Gasteiger partial charge in [-0.2, -0.15) is 0 Å². The lowest BCUT2D eigenvalue weighted by Gasteiger charge is -2.17. The van der Waals surface area contributed by atoms with Crippen LogP contribution in [0.25, 0.3) is 0 Å². The first-order chi connectivity index (χ1) is 8.02. The number of aliphatic carboxylic acids is 1. The van der Waals surface area contributed by atoms with E-state index < -0.39 is 5.97 Å². The molecule has 0 bridgehead atoms. The number of anilines is 1. The highest BCUT2D eigenvalue weighted by Crippen LogP contribution is 2.28. The maximum absolute atomic E-state index is 10.5. The smallest absolute Gasteiger partial charge is 0.303 e. The van der Waals surface area contributed by atoms with Gasteiger partial charge in [-0.1, -0.05) is 15.9 Å². The van der Waals surface area contributed by atoms with Crippen molar-refractivity contribution in [2.75, 3.05) is 12.4 Å². The van der Waals surface area contributed by atoms with Crippen LogP contribution in [0, 0.1) is 0 Å². The average molecular weight is 302 g/mol. The Labute approximate surface area is 109 Å². The van der Waals surface area contributed by atoms with Gasteiger partial charge < -0.3 is 15.2 Å². The van der Waals surface area contributed by atoms with Crippen LogP contribution in [0.5, 0.6) is 5.75 Å². The van der Waals surface area contributed by atoms with Crippen LogP contribution in [0.3, 0.4) is 0 Å². The Kier molecular flexibility index (Phi) is 5.28. The van der Waals surface area contributed by atoms with Crippen LogP contribution in [-0.4, -0.2) is 24.2 Å². The summed E-state index contributed by atoms with van der Waals surface area (Å²) in [5.74, 6) is -0.0322. The highest BCUT2D eigenvalue weighted by Gasteiger charge is 2.09. The number of carboxylic acids is 1. The van der Waals surface area contributed by atoms with Crippen molar-refractivity contribution in [1.82, 2.24) is 0 Å². The summed E-state index contributed by atoms with van der Waals surface area (Å²) in [6.07, 6.45) is 0.732. The van der Waals surface area contributed by atoms with Crippen LogP contribution in [0.4, 0.5) is 5.69 Å². The van der Waals surface area contributed by atoms with E-state index in [4.69, 9.17) is 9.84 Å². The fourth-order valence-corrected chi connectivity index (χ4v) is 1.83. The molecule has 0 radical (unpaired) electrons. The van der Waals surface area contributed by atoms with Gasteiger partial charge in [0.1, 0.15) is 5.75 Å². The summed E-state index contributed by atoms with van der Waals surface area (Å²) >= 11 is 3.39. The molecule has 1 aromatic rings. The van der Waals surface area contributed by atoms with E-state index >= 15 is 0 Å². The molecule has 17 heavy (non-hydrogen) atoms. The Balaban J connectivity index is 2.66. The van der Waals surface area contributed by atoms with Gasteiger partial charge in [0.15, 0.2) is 0 Å². The summed E-state index contributed by atoms with van der Waals surface area (Å²) in [5, 5.41) is 11.9. The highest BCUT2D eigenvalue weighted by molar-refractivity contribution is 9.10. The Hall–Kier alpha value is -1.23. The fourth-order valence-electron chi connectivity index (χ4n) is 1.47. The third-order valence-corrected chi connectivity index (χ3v) is 2.85. The minimum absolute atomic E-state index is 0.0781. The largest absolute Gasteiger partial charge is 0.495 e. The van der Waals surface area contributed by atoms with Gasteiger partial charge in [-0.25, -0.2) is 0 Å². The van der Waals surface area contributed by atoms with Gasteiger partial charge in [-0.05, 0) is 31.5 Å². The zero-order valence-electron chi connectivity index (χ0n) is 9.87. The van der Waals surface area contributed by atoms with Crippen LogP contribution >= 0.6 is 15.9 Å². The number of carboxylic acid groups (broad SMARTS) is 1. The second-order valence-corrected chi connectivity index (χ2v) is 4.74. The standard InChI is InChI=1S/C12H16BrNO3/c1-8(3-6-12(15)16)14-10-7-9(13)4-5-11(10)17-2/h4-5,7-8,14H,3,6H2,1-2H3,(H,15,16). The molecule has 4 nitrogen and oxygen atoms in total. The molecule has 0 saturated carbocycles. The summed E-state index contributed by atoms with van der Waals surface area (Å²) in [6, 6.07) is 5.74. The second-order valence-electron chi connectivity index (χ2n) is 3.82. The lowest BCUT2D eigenvalue weighted by Crippen LogP contribution is -2.17. The van der Waals surface area contributed by atoms with Crippen molar-refractivity contribution in [2.45, 2.75) is 25.8 Å². The number of hydrogen-bond donors (Lipinski definition) is 2. The minimum atomic E-state index is -0.778. The molecule has 1 rings (SSSR count). The first kappa shape index (κ1) is 13.8. The second kappa shape index (κ2) is 6.49. The molecule has 0 aliphatic rings. The molecule has 1 atom stereocenters. The molecule has 0 aromatic heterocycles. The molecule has 1 aromatic carbocycles. The number of nitrogens with one attached hydrogen (secondary N) is 1. The molecule has 94 valence electrons. The molecular weight excluding hydrogens is 286 g/mol. The van der Waals surface area contributed by atoms with E-state index in [-0.39, 0.29) is 12.5 Å². The quantitative estimate of drug-likeness (QED) is 0.847. The SMILES string of the molecule is COc1ccc(Br)cc1NC(C)CCC(=O)O. The van der Waals surface area contributed by atoms with Crippen LogP contribution in [0.1, 0.15) is 19.8 Å². The average Bonchev–Trinajstić information content (AvgIpc) is 2.27. The molecule has 0 aliphatic carbocycles. The maximum atomic E-state index is 10.5. The van der Waals surface area contributed by atoms with Crippen molar-refractivity contribution in [1.29, 1.82) is 0 Å². The van der Waals surface area contributed by atoms with E-state index in [1.54, 1.807) is 7.11 Å². The van der Waals surface area contributed by atoms with Gasteiger partial charge in [0.25, 0.3) is 0 Å². The van der Waals surface area contributed by atoms with Gasteiger partial charge >= 0.3 is 5.97 Å². The monoisotopic (exact) mass is 301 g/mol. The van der Waals surface area contributed by atoms with E-state index in [0.717, 1.165) is 15.9 Å². The number of benzene rings is 1. The number of rotatable bonds is 6. The predicted octanol–water partition coefficient (Wildman–Crippen LogP) is 3.12. The Morgan fingerprint density at radius 1 is 1.59 bits per heavy atom. The normalized spacial score (nSPS) is 11.9. The Morgan fingerprint density at radius 2 is 2.29 bits per heavy atom. The number of carbonyl (C=O) groups is 1. The Morgan fingerprint density at radius 3 is 2.88 bits per heavy atom. The van der Waals surface area contributed by atoms with Crippen molar-refractivity contribution >= 4 is 27.6 Å². The lowest BCUT2D eigenvalue weighted by atomic mass is 10.1. The highest BCUT2D eigenvalue weighted by atomic mass is 79.9. The summed E-state index contributed by atoms with van der Waals surface area (Å²) in [6.45, 7) is 1.95. The van der Waals surface area contributed by atoms with E-state index in [9.17, 15) is 4.79 Å². The van der Waals surface area contributed by atoms with Crippen molar-refractivity contribution in [3.63, 3.8) is 0 Å². The van der Waals surface area contributed by atoms with Gasteiger partial charge in [0.05, 0.1) is 12.8 Å². The van der Waals surface area contributed by atoms with E-state index in [1.807, 2.05) is 25.1 Å². The molecule has 0 spiro atoms. The zero-order chi connectivity index (χ0) is 12.8. The topological polar surface area (TPSA) is 58.6 Å². The van der Waals surface area contributed by atoms with Gasteiger partial charge in [-0.15, -0.1) is 0 Å². The summed E-state index contributed by atoms with van der Waals surface area (Å²) in [5.41, 5.74) is 0.861. The number of hydrogen-bond acceptors (Lipinski definition) is 3. The summed E-state index contributed by atoms with van der Waals surface area (Å²) in [4.78, 5) is 10.5. The van der Waals surface area contributed by atoms with Gasteiger partial charge in [0.2, 0.25) is 0 Å². The number of halogens is 1. The Bertz CT molecular complexity index is 395. The molecule has 0 heterocycles. The predicted molar refractivity (Wildman–Crippen MR) is 70.6 cm³/mol. The summed E-state index contributed by atoms with van der Waals surface area (Å²) in [7, 11) is 1.61. The first-order valence-electron chi connectivity index (χ1n) is 5.34. The van der Waals surface area contributed by atoms with Crippen LogP contribution < -0.4 is 10.1 Å². The van der Waals surface area contributed by atoms with E-state index in [0.29, 0.717) is 6.42 Å². The van der Waals surface area contributed by atoms with E-state index in [2.05, 4.69) is 21.2 Å². The molecular formula is C12H16BrNO3. The zero-order valence-corrected chi connectivity index (χ0v) is 11.5. The fraction of sp³-hybridized carbons (Fsp3) is 0.417. The number of methoxy groups -OCH3 is 1. The molecule has 2 N–H and O–H groups in total. The van der Waals surface area contributed by atoms with E-state index in [1.165, 1.54) is 0 Å². The van der Waals surface area contributed by atoms with Crippen LogP contribution in [-0.2, 0) is 4.79 Å². The molecule has 1 unspecified atom stereocenters. The summed E-state index contributed by atoms with van der Waals surface area (Å²) < 4.78 is 6.18. The maximum Gasteiger partial charge on any atom is 0.303 e. The van der Waals surface area contributed by atoms with Crippen LogP contribution in [0.15, 0.2) is 22.7 Å². The minimum Gasteiger partial charge on any atom is -0.495 e. The van der Waals surface area contributed by atoms with Gasteiger partial charge in [-0.3, -0.25) is 4.79 Å². The molecule has 5 heteroatoms. The lowest BCUT2D eigenvalue weighted by molar-refractivity contribution is -0.137. The number of ether oxygens (including phenoxy) is 1. The van der Waals surface area contributed by atoms with Crippen LogP contribution in [0.2, 0.25) is 0 Å². The third kappa shape index (κ3) is 4.65. The molecule has 0 fully saturated rings. The van der Waals surface area contributed by atoms with Crippen molar-refractivity contribution in [3.05, 3.63) is 22.7 Å². The van der Waals surface area contributed by atoms with Crippen molar-refractivity contribution in [3.8, 4) is 5.75 Å². The third-order valence-electron chi connectivity index (χ3n) is 2.35. The van der Waals surface area contributed by atoms with Gasteiger partial charge in [0, 0.05) is 16.9 Å². The van der Waals surface area contributed by atoms with Crippen molar-refractivity contribution < 1.29 is 14.6 Å².